The number of nitrogens with one attached hydrogen (secondary N) is 2. The van der Waals surface area contributed by atoms with Crippen LogP contribution >= 0.6 is 11.3 Å². The van der Waals surface area contributed by atoms with Gasteiger partial charge in [-0.25, -0.2) is 0 Å². The molecule has 0 bridgehead atoms. The Bertz CT molecular complexity index is 581. The number of thiophene rings is 1. The van der Waals surface area contributed by atoms with Gasteiger partial charge in [0.05, 0.1) is 5.56 Å². The molecule has 2 amide bonds. The average Bonchev–Trinajstić information content (AvgIpc) is 3.29. The smallest absolute Gasteiger partial charge is 0.254 e. The Labute approximate surface area is 118 Å². The zero-order valence-corrected chi connectivity index (χ0v) is 11.3. The van der Waals surface area contributed by atoms with Gasteiger partial charge in [-0.15, -0.1) is 11.3 Å². The Kier molecular flexibility index (Phi) is 3.17. The molecular formula is C12H13N3O4S. The van der Waals surface area contributed by atoms with Crippen LogP contribution in [-0.4, -0.2) is 28.8 Å². The van der Waals surface area contributed by atoms with Gasteiger partial charge >= 0.3 is 0 Å². The molecule has 2 saturated carbocycles. The molecule has 20 heavy (non-hydrogen) atoms. The van der Waals surface area contributed by atoms with Gasteiger partial charge in [0.2, 0.25) is 11.9 Å². The maximum absolute atomic E-state index is 12.0. The molecule has 1 aromatic rings. The van der Waals surface area contributed by atoms with Gasteiger partial charge < -0.3 is 10.6 Å². The van der Waals surface area contributed by atoms with Crippen LogP contribution in [0.3, 0.4) is 0 Å². The molecule has 3 rings (SSSR count). The SMILES string of the molecule is O=C(NC1CC1)c1ccsc1NC(=O)C1CC1[N+](=O)[O-]. The summed E-state index contributed by atoms with van der Waals surface area (Å²) in [6, 6.07) is 1.11. The zero-order chi connectivity index (χ0) is 14.3. The second-order valence-corrected chi connectivity index (χ2v) is 6.01. The summed E-state index contributed by atoms with van der Waals surface area (Å²) in [6.45, 7) is 0. The second kappa shape index (κ2) is 4.86. The van der Waals surface area contributed by atoms with Crippen molar-refractivity contribution in [2.24, 2.45) is 5.92 Å². The van der Waals surface area contributed by atoms with E-state index in [1.54, 1.807) is 11.4 Å². The van der Waals surface area contributed by atoms with Crippen molar-refractivity contribution < 1.29 is 14.5 Å². The first-order valence-corrected chi connectivity index (χ1v) is 7.27. The first kappa shape index (κ1) is 13.0. The van der Waals surface area contributed by atoms with Crippen molar-refractivity contribution in [1.29, 1.82) is 0 Å². The molecule has 1 aromatic heterocycles. The van der Waals surface area contributed by atoms with Crippen LogP contribution in [0.4, 0.5) is 5.00 Å². The fourth-order valence-electron chi connectivity index (χ4n) is 1.98. The fraction of sp³-hybridized carbons (Fsp3) is 0.500. The summed E-state index contributed by atoms with van der Waals surface area (Å²) in [5, 5.41) is 18.2. The maximum atomic E-state index is 12.0. The molecule has 8 heteroatoms. The molecule has 2 fully saturated rings. The van der Waals surface area contributed by atoms with Crippen LogP contribution in [0.15, 0.2) is 11.4 Å². The highest BCUT2D eigenvalue weighted by atomic mass is 32.1. The Morgan fingerprint density at radius 2 is 2.15 bits per heavy atom. The quantitative estimate of drug-likeness (QED) is 0.630. The Balaban J connectivity index is 1.63. The molecule has 106 valence electrons. The Hall–Kier alpha value is -1.96. The topological polar surface area (TPSA) is 101 Å². The van der Waals surface area contributed by atoms with Crippen LogP contribution in [-0.2, 0) is 4.79 Å². The van der Waals surface area contributed by atoms with E-state index in [-0.39, 0.29) is 24.3 Å². The van der Waals surface area contributed by atoms with Crippen LogP contribution in [0.1, 0.15) is 29.6 Å². The van der Waals surface area contributed by atoms with Gasteiger partial charge in [0.25, 0.3) is 5.91 Å². The van der Waals surface area contributed by atoms with Crippen LogP contribution < -0.4 is 10.6 Å². The fourth-order valence-corrected chi connectivity index (χ4v) is 2.76. The molecule has 0 aliphatic heterocycles. The molecular weight excluding hydrogens is 282 g/mol. The first-order chi connectivity index (χ1) is 9.56. The lowest BCUT2D eigenvalue weighted by Gasteiger charge is -2.06. The maximum Gasteiger partial charge on any atom is 0.254 e. The molecule has 0 aromatic carbocycles. The zero-order valence-electron chi connectivity index (χ0n) is 10.5. The molecule has 2 N–H and O–H groups in total. The number of rotatable bonds is 5. The van der Waals surface area contributed by atoms with E-state index in [2.05, 4.69) is 10.6 Å². The monoisotopic (exact) mass is 295 g/mol. The summed E-state index contributed by atoms with van der Waals surface area (Å²) in [7, 11) is 0. The highest BCUT2D eigenvalue weighted by molar-refractivity contribution is 7.14. The van der Waals surface area contributed by atoms with E-state index in [4.69, 9.17) is 0 Å². The van der Waals surface area contributed by atoms with Gasteiger partial charge in [0, 0.05) is 17.4 Å². The lowest BCUT2D eigenvalue weighted by molar-refractivity contribution is -0.497. The number of hydrogen-bond acceptors (Lipinski definition) is 5. The first-order valence-electron chi connectivity index (χ1n) is 6.39. The van der Waals surface area contributed by atoms with Crippen LogP contribution in [0.5, 0.6) is 0 Å². The van der Waals surface area contributed by atoms with Crippen molar-refractivity contribution in [2.45, 2.75) is 31.3 Å². The molecule has 2 aliphatic rings. The normalized spacial score (nSPS) is 24.0. The molecule has 2 unspecified atom stereocenters. The summed E-state index contributed by atoms with van der Waals surface area (Å²) in [5.74, 6) is -1.16. The predicted molar refractivity (Wildman–Crippen MR) is 72.3 cm³/mol. The summed E-state index contributed by atoms with van der Waals surface area (Å²) in [6.07, 6.45) is 2.25. The summed E-state index contributed by atoms with van der Waals surface area (Å²) < 4.78 is 0. The Morgan fingerprint density at radius 1 is 1.40 bits per heavy atom. The van der Waals surface area contributed by atoms with Crippen molar-refractivity contribution in [1.82, 2.24) is 5.32 Å². The predicted octanol–water partition coefficient (Wildman–Crippen LogP) is 1.24. The largest absolute Gasteiger partial charge is 0.349 e. The minimum absolute atomic E-state index is 0.203. The average molecular weight is 295 g/mol. The minimum Gasteiger partial charge on any atom is -0.349 e. The van der Waals surface area contributed by atoms with Gasteiger partial charge in [-0.3, -0.25) is 19.7 Å². The molecule has 0 spiro atoms. The van der Waals surface area contributed by atoms with Crippen molar-refractivity contribution in [2.75, 3.05) is 5.32 Å². The van der Waals surface area contributed by atoms with Crippen molar-refractivity contribution in [3.05, 3.63) is 27.1 Å². The van der Waals surface area contributed by atoms with Crippen LogP contribution in [0, 0.1) is 16.0 Å². The van der Waals surface area contributed by atoms with Crippen molar-refractivity contribution in [3.8, 4) is 0 Å². The third kappa shape index (κ3) is 2.64. The molecule has 7 nitrogen and oxygen atoms in total. The highest BCUT2D eigenvalue weighted by Crippen LogP contribution is 2.35. The summed E-state index contributed by atoms with van der Waals surface area (Å²) >= 11 is 1.25. The van der Waals surface area contributed by atoms with Gasteiger partial charge in [-0.05, 0) is 24.3 Å². The van der Waals surface area contributed by atoms with E-state index in [9.17, 15) is 19.7 Å². The van der Waals surface area contributed by atoms with Gasteiger partial charge in [0.1, 0.15) is 10.9 Å². The lowest BCUT2D eigenvalue weighted by Crippen LogP contribution is -2.26. The van der Waals surface area contributed by atoms with Crippen molar-refractivity contribution in [3.63, 3.8) is 0 Å². The second-order valence-electron chi connectivity index (χ2n) is 5.10. The van der Waals surface area contributed by atoms with Crippen molar-refractivity contribution >= 4 is 28.2 Å². The molecule has 0 saturated heterocycles. The van der Waals surface area contributed by atoms with E-state index in [1.807, 2.05) is 0 Å². The van der Waals surface area contributed by atoms with E-state index in [1.165, 1.54) is 11.3 Å². The van der Waals surface area contributed by atoms with E-state index in [0.717, 1.165) is 12.8 Å². The number of carbonyl (C=O) groups excluding carboxylic acids is 2. The third-order valence-corrected chi connectivity index (χ3v) is 4.25. The van der Waals surface area contributed by atoms with Gasteiger partial charge in [0.15, 0.2) is 0 Å². The number of nitrogens with zero attached hydrogens (tertiary/aromatic N) is 1. The van der Waals surface area contributed by atoms with Crippen LogP contribution in [0.25, 0.3) is 0 Å². The molecule has 2 atom stereocenters. The summed E-state index contributed by atoms with van der Waals surface area (Å²) in [5.41, 5.74) is 0.425. The number of hydrogen-bond donors (Lipinski definition) is 2. The Morgan fingerprint density at radius 3 is 2.75 bits per heavy atom. The third-order valence-electron chi connectivity index (χ3n) is 3.42. The van der Waals surface area contributed by atoms with E-state index >= 15 is 0 Å². The van der Waals surface area contributed by atoms with Gasteiger partial charge in [-0.1, -0.05) is 0 Å². The standard InChI is InChI=1S/C12H13N3O4S/c16-10(13-6-1-2-6)7-3-4-20-12(7)14-11(17)8-5-9(8)15(18)19/h3-4,6,8-9H,1-2,5H2,(H,13,16)(H,14,17). The van der Waals surface area contributed by atoms with Crippen LogP contribution in [0.2, 0.25) is 0 Å². The molecule has 0 radical (unpaired) electrons. The molecule has 2 aliphatic carbocycles. The van der Waals surface area contributed by atoms with Gasteiger partial charge in [-0.2, -0.15) is 0 Å². The highest BCUT2D eigenvalue weighted by Gasteiger charge is 2.53. The molecule has 1 heterocycles. The van der Waals surface area contributed by atoms with E-state index < -0.39 is 16.9 Å². The lowest BCUT2D eigenvalue weighted by atomic mass is 10.3. The minimum atomic E-state index is -0.779. The number of carbonyl (C=O) groups is 2. The summed E-state index contributed by atoms with van der Waals surface area (Å²) in [4.78, 5) is 33.9. The number of amides is 2. The number of nitro groups is 1. The number of anilines is 1. The van der Waals surface area contributed by atoms with E-state index in [0.29, 0.717) is 10.6 Å².